The number of amides is 1. The molecule has 1 aliphatic carbocycles. The Balaban J connectivity index is 1.89. The van der Waals surface area contributed by atoms with Crippen molar-refractivity contribution in [2.45, 2.75) is 38.4 Å². The summed E-state index contributed by atoms with van der Waals surface area (Å²) >= 11 is 0. The monoisotopic (exact) mass is 274 g/mol. The summed E-state index contributed by atoms with van der Waals surface area (Å²) in [5, 5.41) is 3.34. The molecule has 4 nitrogen and oxygen atoms in total. The molecule has 1 aromatic carbocycles. The summed E-state index contributed by atoms with van der Waals surface area (Å²) in [7, 11) is 1.68. The number of nitrogens with zero attached hydrogens (tertiary/aromatic N) is 1. The van der Waals surface area contributed by atoms with E-state index in [4.69, 9.17) is 4.74 Å². The molecule has 3 unspecified atom stereocenters. The van der Waals surface area contributed by atoms with Crippen LogP contribution in [0.4, 0.5) is 0 Å². The molecular formula is C16H22N2O2. The quantitative estimate of drug-likeness (QED) is 0.919. The van der Waals surface area contributed by atoms with E-state index in [9.17, 15) is 4.79 Å². The normalized spacial score (nSPS) is 30.0. The summed E-state index contributed by atoms with van der Waals surface area (Å²) < 4.78 is 5.45. The topological polar surface area (TPSA) is 41.6 Å². The Morgan fingerprint density at radius 2 is 2.10 bits per heavy atom. The molecule has 0 bridgehead atoms. The third-order valence-electron chi connectivity index (χ3n) is 4.51. The van der Waals surface area contributed by atoms with Crippen molar-refractivity contribution in [2.24, 2.45) is 5.92 Å². The molecule has 1 saturated heterocycles. The van der Waals surface area contributed by atoms with Gasteiger partial charge in [-0.25, -0.2) is 0 Å². The van der Waals surface area contributed by atoms with E-state index in [0.717, 1.165) is 24.2 Å². The van der Waals surface area contributed by atoms with Gasteiger partial charge in [0.25, 0.3) is 0 Å². The first-order valence-electron chi connectivity index (χ1n) is 7.38. The Morgan fingerprint density at radius 3 is 2.80 bits per heavy atom. The summed E-state index contributed by atoms with van der Waals surface area (Å²) in [6, 6.07) is 8.32. The summed E-state index contributed by atoms with van der Waals surface area (Å²) in [6.45, 7) is 2.69. The Bertz CT molecular complexity index is 503. The van der Waals surface area contributed by atoms with Gasteiger partial charge < -0.3 is 9.64 Å². The second-order valence-corrected chi connectivity index (χ2v) is 5.90. The van der Waals surface area contributed by atoms with E-state index in [1.807, 2.05) is 29.2 Å². The lowest BCUT2D eigenvalue weighted by Crippen LogP contribution is -2.38. The summed E-state index contributed by atoms with van der Waals surface area (Å²) in [4.78, 5) is 14.3. The summed E-state index contributed by atoms with van der Waals surface area (Å²) in [5.41, 5.74) is 1.06. The van der Waals surface area contributed by atoms with Gasteiger partial charge in [0.1, 0.15) is 11.9 Å². The molecule has 1 amide bonds. The Labute approximate surface area is 120 Å². The van der Waals surface area contributed by atoms with Gasteiger partial charge in [0.05, 0.1) is 13.7 Å². The molecule has 3 atom stereocenters. The zero-order valence-corrected chi connectivity index (χ0v) is 12.1. The van der Waals surface area contributed by atoms with Gasteiger partial charge >= 0.3 is 0 Å². The fourth-order valence-electron chi connectivity index (χ4n) is 3.51. The Hall–Kier alpha value is -1.55. The minimum absolute atomic E-state index is 0.0473. The van der Waals surface area contributed by atoms with Crippen molar-refractivity contribution in [1.82, 2.24) is 10.2 Å². The first kappa shape index (κ1) is 13.4. The van der Waals surface area contributed by atoms with Crippen LogP contribution in [-0.2, 0) is 4.79 Å². The van der Waals surface area contributed by atoms with Crippen molar-refractivity contribution in [2.75, 3.05) is 13.7 Å². The molecular weight excluding hydrogens is 252 g/mol. The largest absolute Gasteiger partial charge is 0.496 e. The summed E-state index contributed by atoms with van der Waals surface area (Å²) in [5.74, 6) is 1.77. The molecule has 0 spiro atoms. The molecule has 2 fully saturated rings. The van der Waals surface area contributed by atoms with Crippen molar-refractivity contribution >= 4 is 5.91 Å². The van der Waals surface area contributed by atoms with Crippen molar-refractivity contribution in [3.63, 3.8) is 0 Å². The molecule has 1 aliphatic heterocycles. The van der Waals surface area contributed by atoms with E-state index in [1.165, 1.54) is 6.42 Å². The average molecular weight is 274 g/mol. The fourth-order valence-corrected chi connectivity index (χ4v) is 3.51. The van der Waals surface area contributed by atoms with Gasteiger partial charge in [0, 0.05) is 11.6 Å². The van der Waals surface area contributed by atoms with E-state index in [-0.39, 0.29) is 12.1 Å². The maximum absolute atomic E-state index is 12.3. The second kappa shape index (κ2) is 5.44. The highest BCUT2D eigenvalue weighted by Gasteiger charge is 2.40. The number of benzene rings is 1. The van der Waals surface area contributed by atoms with Crippen LogP contribution in [-0.4, -0.2) is 30.5 Å². The second-order valence-electron chi connectivity index (χ2n) is 5.90. The van der Waals surface area contributed by atoms with Crippen molar-refractivity contribution in [3.8, 4) is 5.75 Å². The predicted molar refractivity (Wildman–Crippen MR) is 77.4 cm³/mol. The van der Waals surface area contributed by atoms with Crippen LogP contribution in [0, 0.1) is 5.92 Å². The Morgan fingerprint density at radius 1 is 1.30 bits per heavy atom. The van der Waals surface area contributed by atoms with E-state index < -0.39 is 0 Å². The highest BCUT2D eigenvalue weighted by atomic mass is 16.5. The third-order valence-corrected chi connectivity index (χ3v) is 4.51. The third kappa shape index (κ3) is 2.29. The van der Waals surface area contributed by atoms with Gasteiger partial charge in [-0.1, -0.05) is 25.1 Å². The molecule has 108 valence electrons. The van der Waals surface area contributed by atoms with E-state index in [2.05, 4.69) is 12.2 Å². The minimum Gasteiger partial charge on any atom is -0.496 e. The van der Waals surface area contributed by atoms with Gasteiger partial charge in [-0.05, 0) is 31.2 Å². The van der Waals surface area contributed by atoms with Crippen LogP contribution in [0.1, 0.15) is 37.9 Å². The van der Waals surface area contributed by atoms with Crippen LogP contribution in [0.25, 0.3) is 0 Å². The highest BCUT2D eigenvalue weighted by molar-refractivity contribution is 5.81. The van der Waals surface area contributed by atoms with Crippen molar-refractivity contribution in [1.29, 1.82) is 0 Å². The number of nitrogens with one attached hydrogen (secondary N) is 1. The lowest BCUT2D eigenvalue weighted by molar-refractivity contribution is -0.130. The van der Waals surface area contributed by atoms with Gasteiger partial charge in [-0.3, -0.25) is 10.1 Å². The molecule has 20 heavy (non-hydrogen) atoms. The molecule has 1 heterocycles. The molecule has 4 heteroatoms. The van der Waals surface area contributed by atoms with Gasteiger partial charge in [0.15, 0.2) is 0 Å². The number of methoxy groups -OCH3 is 1. The molecule has 1 saturated carbocycles. The molecule has 2 aliphatic rings. The molecule has 0 radical (unpaired) electrons. The Kier molecular flexibility index (Phi) is 3.66. The number of carbonyl (C=O) groups is 1. The standard InChI is InChI=1S/C16H22N2O2/c1-11-7-8-12(9-11)18-15(19)10-17-16(18)13-5-3-4-6-14(13)20-2/h3-6,11-12,16-17H,7-10H2,1-2H3. The summed E-state index contributed by atoms with van der Waals surface area (Å²) in [6.07, 6.45) is 3.39. The van der Waals surface area contributed by atoms with E-state index in [1.54, 1.807) is 7.11 Å². The van der Waals surface area contributed by atoms with Crippen LogP contribution in [0.5, 0.6) is 5.75 Å². The first-order valence-corrected chi connectivity index (χ1v) is 7.38. The van der Waals surface area contributed by atoms with E-state index >= 15 is 0 Å². The highest BCUT2D eigenvalue weighted by Crippen LogP contribution is 2.37. The average Bonchev–Trinajstić information content (AvgIpc) is 3.04. The SMILES string of the molecule is COc1ccccc1C1NCC(=O)N1C1CCC(C)C1. The van der Waals surface area contributed by atoms with Gasteiger partial charge in [0.2, 0.25) is 5.91 Å². The van der Waals surface area contributed by atoms with Crippen LogP contribution in [0.3, 0.4) is 0 Å². The zero-order chi connectivity index (χ0) is 14.1. The van der Waals surface area contributed by atoms with Crippen LogP contribution in [0.2, 0.25) is 0 Å². The van der Waals surface area contributed by atoms with Gasteiger partial charge in [-0.2, -0.15) is 0 Å². The number of para-hydroxylation sites is 1. The first-order chi connectivity index (χ1) is 9.70. The van der Waals surface area contributed by atoms with Crippen LogP contribution >= 0.6 is 0 Å². The maximum Gasteiger partial charge on any atom is 0.238 e. The van der Waals surface area contributed by atoms with Crippen molar-refractivity contribution in [3.05, 3.63) is 29.8 Å². The number of ether oxygens (including phenoxy) is 1. The molecule has 1 aromatic rings. The van der Waals surface area contributed by atoms with Crippen LogP contribution < -0.4 is 10.1 Å². The molecule has 0 aromatic heterocycles. The predicted octanol–water partition coefficient (Wildman–Crippen LogP) is 2.31. The van der Waals surface area contributed by atoms with Crippen LogP contribution in [0.15, 0.2) is 24.3 Å². The number of carbonyl (C=O) groups excluding carboxylic acids is 1. The zero-order valence-electron chi connectivity index (χ0n) is 12.1. The number of hydrogen-bond acceptors (Lipinski definition) is 3. The van der Waals surface area contributed by atoms with E-state index in [0.29, 0.717) is 18.5 Å². The number of rotatable bonds is 3. The van der Waals surface area contributed by atoms with Crippen molar-refractivity contribution < 1.29 is 9.53 Å². The fraction of sp³-hybridized carbons (Fsp3) is 0.562. The minimum atomic E-state index is -0.0473. The maximum atomic E-state index is 12.3. The van der Waals surface area contributed by atoms with Gasteiger partial charge in [-0.15, -0.1) is 0 Å². The number of hydrogen-bond donors (Lipinski definition) is 1. The smallest absolute Gasteiger partial charge is 0.238 e. The lowest BCUT2D eigenvalue weighted by Gasteiger charge is -2.31. The lowest BCUT2D eigenvalue weighted by atomic mass is 10.1. The molecule has 1 N–H and O–H groups in total. The molecule has 3 rings (SSSR count).